The van der Waals surface area contributed by atoms with Gasteiger partial charge in [0.25, 0.3) is 5.91 Å². The molecule has 3 N–H and O–H groups in total. The molecule has 2 aromatic rings. The molecule has 7 nitrogen and oxygen atoms in total. The fourth-order valence-corrected chi connectivity index (χ4v) is 3.92. The van der Waals surface area contributed by atoms with Gasteiger partial charge in [0.05, 0.1) is 5.54 Å². The number of carbonyl (C=O) groups is 1. The highest BCUT2D eigenvalue weighted by Gasteiger charge is 2.53. The molecule has 2 rings (SSSR count). The molecule has 1 aromatic heterocycles. The predicted octanol–water partition coefficient (Wildman–Crippen LogP) is 2.77. The molecule has 0 saturated carbocycles. The summed E-state index contributed by atoms with van der Waals surface area (Å²) < 4.78 is 94.3. The van der Waals surface area contributed by atoms with E-state index in [1.54, 1.807) is 10.8 Å². The molecule has 0 unspecified atom stereocenters. The lowest BCUT2D eigenvalue weighted by molar-refractivity contribution is -0.229. The van der Waals surface area contributed by atoms with Crippen molar-refractivity contribution in [1.29, 1.82) is 0 Å². The molecule has 3 atom stereocenters. The molecule has 0 aliphatic rings. The van der Waals surface area contributed by atoms with E-state index in [-0.39, 0.29) is 10.2 Å². The molecule has 0 saturated heterocycles. The number of aliphatic hydroxyl groups excluding tert-OH is 1. The van der Waals surface area contributed by atoms with Crippen LogP contribution in [0.3, 0.4) is 0 Å². The van der Waals surface area contributed by atoms with Crippen molar-refractivity contribution < 1.29 is 40.3 Å². The Labute approximate surface area is 188 Å². The van der Waals surface area contributed by atoms with Gasteiger partial charge in [-0.25, -0.2) is 26.9 Å². The SMILES string of the molecule is C[C@@](NCS(=O)(=O)NC(=O)c1ccccc1)(c1nc(Br)ccc1F)[C@@H](F)[C@@H](O)C(F)(F)F. The smallest absolute Gasteiger partial charge is 0.381 e. The maximum Gasteiger partial charge on any atom is 0.417 e. The molecule has 0 aliphatic carbocycles. The number of aromatic nitrogens is 1. The van der Waals surface area contributed by atoms with Crippen LogP contribution in [0.2, 0.25) is 0 Å². The third-order valence-electron chi connectivity index (χ3n) is 4.38. The van der Waals surface area contributed by atoms with Crippen LogP contribution in [0, 0.1) is 5.82 Å². The van der Waals surface area contributed by atoms with E-state index in [9.17, 15) is 40.3 Å². The van der Waals surface area contributed by atoms with Crippen LogP contribution in [0.4, 0.5) is 22.0 Å². The lowest BCUT2D eigenvalue weighted by Crippen LogP contribution is -2.58. The number of benzene rings is 1. The summed E-state index contributed by atoms with van der Waals surface area (Å²) in [6, 6.07) is 8.97. The average molecular weight is 546 g/mol. The largest absolute Gasteiger partial charge is 0.417 e. The number of aliphatic hydroxyl groups is 1. The van der Waals surface area contributed by atoms with Gasteiger partial charge in [0.1, 0.15) is 22.0 Å². The van der Waals surface area contributed by atoms with Crippen molar-refractivity contribution in [2.75, 3.05) is 5.88 Å². The van der Waals surface area contributed by atoms with E-state index in [0.29, 0.717) is 6.92 Å². The molecule has 0 aliphatic heterocycles. The zero-order chi connectivity index (χ0) is 24.3. The molecule has 0 spiro atoms. The fraction of sp³-hybridized carbons (Fsp3) is 0.333. The summed E-state index contributed by atoms with van der Waals surface area (Å²) >= 11 is 2.88. The van der Waals surface area contributed by atoms with Gasteiger partial charge < -0.3 is 5.11 Å². The van der Waals surface area contributed by atoms with Gasteiger partial charge in [-0.1, -0.05) is 18.2 Å². The number of amides is 1. The summed E-state index contributed by atoms with van der Waals surface area (Å²) in [5.41, 5.74) is -3.73. The summed E-state index contributed by atoms with van der Waals surface area (Å²) in [6.07, 6.45) is -12.3. The van der Waals surface area contributed by atoms with E-state index < -0.39 is 57.3 Å². The Morgan fingerprint density at radius 1 is 1.19 bits per heavy atom. The topological polar surface area (TPSA) is 108 Å². The lowest BCUT2D eigenvalue weighted by Gasteiger charge is -2.36. The van der Waals surface area contributed by atoms with Crippen LogP contribution in [0.25, 0.3) is 0 Å². The second-order valence-corrected chi connectivity index (χ2v) is 9.32. The average Bonchev–Trinajstić information content (AvgIpc) is 2.72. The summed E-state index contributed by atoms with van der Waals surface area (Å²) in [4.78, 5) is 15.7. The van der Waals surface area contributed by atoms with E-state index in [2.05, 4.69) is 20.9 Å². The number of hydrogen-bond acceptors (Lipinski definition) is 6. The molecular weight excluding hydrogens is 529 g/mol. The van der Waals surface area contributed by atoms with Gasteiger partial charge >= 0.3 is 6.18 Å². The maximum atomic E-state index is 14.9. The summed E-state index contributed by atoms with van der Waals surface area (Å²) in [7, 11) is -4.59. The van der Waals surface area contributed by atoms with Crippen molar-refractivity contribution in [2.45, 2.75) is 30.9 Å². The Morgan fingerprint density at radius 3 is 2.34 bits per heavy atom. The van der Waals surface area contributed by atoms with E-state index in [4.69, 9.17) is 0 Å². The number of sulfonamides is 1. The van der Waals surface area contributed by atoms with Crippen LogP contribution in [-0.2, 0) is 15.6 Å². The predicted molar refractivity (Wildman–Crippen MR) is 107 cm³/mol. The van der Waals surface area contributed by atoms with Gasteiger partial charge in [0, 0.05) is 5.56 Å². The van der Waals surface area contributed by atoms with Crippen LogP contribution in [0.5, 0.6) is 0 Å². The molecule has 1 amide bonds. The molecular formula is C18H17BrF5N3O4S. The second kappa shape index (κ2) is 9.77. The molecule has 14 heteroatoms. The number of nitrogens with one attached hydrogen (secondary N) is 2. The highest BCUT2D eigenvalue weighted by Crippen LogP contribution is 2.36. The summed E-state index contributed by atoms with van der Waals surface area (Å²) in [5.74, 6) is -3.61. The minimum atomic E-state index is -5.44. The number of halogens is 6. The van der Waals surface area contributed by atoms with Crippen molar-refractivity contribution >= 4 is 31.9 Å². The standard InChI is InChI=1S/C18H17BrF5N3O4S/c1-17(13(21)15(28)18(22,23)24,14-11(20)7-8-12(19)26-14)25-9-32(30,31)27-16(29)10-5-3-2-4-6-10/h2-8,13,15,25,28H,9H2,1H3,(H,27,29)/t13-,15+,17-/m0/s1. The van der Waals surface area contributed by atoms with Crippen LogP contribution in [-0.4, -0.2) is 48.7 Å². The number of nitrogens with zero attached hydrogens (tertiary/aromatic N) is 1. The van der Waals surface area contributed by atoms with Gasteiger partial charge in [0.15, 0.2) is 12.3 Å². The third kappa shape index (κ3) is 6.21. The Kier molecular flexibility index (Phi) is 7.96. The fourth-order valence-electron chi connectivity index (χ4n) is 2.65. The number of carbonyl (C=O) groups excluding carboxylic acids is 1. The molecule has 0 radical (unpaired) electrons. The van der Waals surface area contributed by atoms with Crippen LogP contribution >= 0.6 is 15.9 Å². The van der Waals surface area contributed by atoms with Gasteiger partial charge in [-0.3, -0.25) is 10.1 Å². The van der Waals surface area contributed by atoms with Crippen molar-refractivity contribution in [3.05, 3.63) is 64.1 Å². The third-order valence-corrected chi connectivity index (χ3v) is 5.84. The summed E-state index contributed by atoms with van der Waals surface area (Å²) in [6.45, 7) is 0.707. The van der Waals surface area contributed by atoms with Crippen molar-refractivity contribution in [2.24, 2.45) is 0 Å². The monoisotopic (exact) mass is 545 g/mol. The van der Waals surface area contributed by atoms with Gasteiger partial charge in [-0.2, -0.15) is 13.2 Å². The number of hydrogen-bond donors (Lipinski definition) is 3. The molecule has 1 aromatic carbocycles. The molecule has 0 bridgehead atoms. The van der Waals surface area contributed by atoms with Gasteiger partial charge in [0.2, 0.25) is 10.0 Å². The van der Waals surface area contributed by atoms with E-state index in [1.807, 2.05) is 5.32 Å². The second-order valence-electron chi connectivity index (χ2n) is 6.79. The summed E-state index contributed by atoms with van der Waals surface area (Å²) in [5, 5.41) is 11.4. The maximum absolute atomic E-state index is 14.9. The zero-order valence-electron chi connectivity index (χ0n) is 16.2. The quantitative estimate of drug-likeness (QED) is 0.347. The van der Waals surface area contributed by atoms with E-state index in [0.717, 1.165) is 12.1 Å². The highest BCUT2D eigenvalue weighted by molar-refractivity contribution is 9.10. The van der Waals surface area contributed by atoms with Crippen molar-refractivity contribution in [3.63, 3.8) is 0 Å². The first-order valence-electron chi connectivity index (χ1n) is 8.73. The molecule has 1 heterocycles. The van der Waals surface area contributed by atoms with Crippen molar-refractivity contribution in [1.82, 2.24) is 15.0 Å². The first-order chi connectivity index (χ1) is 14.7. The number of rotatable bonds is 8. The minimum absolute atomic E-state index is 0.0330. The number of alkyl halides is 4. The molecule has 0 fully saturated rings. The Bertz CT molecular complexity index is 1070. The zero-order valence-corrected chi connectivity index (χ0v) is 18.6. The van der Waals surface area contributed by atoms with E-state index in [1.165, 1.54) is 24.3 Å². The molecule has 32 heavy (non-hydrogen) atoms. The molecule has 176 valence electrons. The lowest BCUT2D eigenvalue weighted by atomic mass is 9.87. The Morgan fingerprint density at radius 2 is 1.78 bits per heavy atom. The normalized spacial score (nSPS) is 16.1. The minimum Gasteiger partial charge on any atom is -0.381 e. The highest BCUT2D eigenvalue weighted by atomic mass is 79.9. The first-order valence-corrected chi connectivity index (χ1v) is 11.2. The Hall–Kier alpha value is -2.16. The van der Waals surface area contributed by atoms with Crippen LogP contribution in [0.1, 0.15) is 23.0 Å². The van der Waals surface area contributed by atoms with Crippen molar-refractivity contribution in [3.8, 4) is 0 Å². The number of pyridine rings is 1. The van der Waals surface area contributed by atoms with Crippen LogP contribution < -0.4 is 10.0 Å². The Balaban J connectivity index is 2.36. The van der Waals surface area contributed by atoms with Crippen LogP contribution in [0.15, 0.2) is 47.1 Å². The van der Waals surface area contributed by atoms with E-state index >= 15 is 0 Å². The first kappa shape index (κ1) is 26.1. The van der Waals surface area contributed by atoms with Gasteiger partial charge in [-0.15, -0.1) is 0 Å². The van der Waals surface area contributed by atoms with Gasteiger partial charge in [-0.05, 0) is 47.1 Å².